The first-order chi connectivity index (χ1) is 9.15. The van der Waals surface area contributed by atoms with Crippen molar-refractivity contribution < 1.29 is 8.78 Å². The number of aromatic nitrogens is 3. The lowest BCUT2D eigenvalue weighted by Gasteiger charge is -2.06. The first-order valence-corrected chi connectivity index (χ1v) is 5.66. The number of hydrogen-bond donors (Lipinski definition) is 1. The van der Waals surface area contributed by atoms with Crippen LogP contribution in [0.25, 0.3) is 11.2 Å². The van der Waals surface area contributed by atoms with Crippen molar-refractivity contribution in [2.75, 3.05) is 5.73 Å². The van der Waals surface area contributed by atoms with E-state index in [9.17, 15) is 8.78 Å². The minimum absolute atomic E-state index is 0.288. The van der Waals surface area contributed by atoms with Gasteiger partial charge >= 0.3 is 0 Å². The zero-order valence-corrected chi connectivity index (χ0v) is 9.85. The lowest BCUT2D eigenvalue weighted by atomic mass is 10.2. The van der Waals surface area contributed by atoms with E-state index in [1.165, 1.54) is 6.07 Å². The smallest absolute Gasteiger partial charge is 0.202 e. The lowest BCUT2D eigenvalue weighted by molar-refractivity contribution is 0.506. The van der Waals surface area contributed by atoms with Crippen LogP contribution in [-0.4, -0.2) is 14.5 Å². The SMILES string of the molecule is Nc1nc2cccnc2n1Cc1ccc(F)c(F)c1. The van der Waals surface area contributed by atoms with Crippen LogP contribution in [0, 0.1) is 11.6 Å². The summed E-state index contributed by atoms with van der Waals surface area (Å²) in [6.45, 7) is 0.288. The molecule has 0 aliphatic carbocycles. The molecule has 1 aromatic carbocycles. The largest absolute Gasteiger partial charge is 0.369 e. The summed E-state index contributed by atoms with van der Waals surface area (Å²) in [6, 6.07) is 7.29. The fourth-order valence-corrected chi connectivity index (χ4v) is 1.95. The van der Waals surface area contributed by atoms with Gasteiger partial charge in [-0.25, -0.2) is 18.7 Å². The first-order valence-electron chi connectivity index (χ1n) is 5.66. The summed E-state index contributed by atoms with van der Waals surface area (Å²) in [4.78, 5) is 8.35. The van der Waals surface area contributed by atoms with E-state index in [1.807, 2.05) is 0 Å². The quantitative estimate of drug-likeness (QED) is 0.769. The van der Waals surface area contributed by atoms with Crippen molar-refractivity contribution in [3.05, 3.63) is 53.7 Å². The van der Waals surface area contributed by atoms with Gasteiger partial charge in [0.25, 0.3) is 0 Å². The Hall–Kier alpha value is -2.50. The molecule has 0 aliphatic rings. The highest BCUT2D eigenvalue weighted by molar-refractivity contribution is 5.73. The molecule has 2 N–H and O–H groups in total. The van der Waals surface area contributed by atoms with Crippen LogP contribution in [0.4, 0.5) is 14.7 Å². The summed E-state index contributed by atoms with van der Waals surface area (Å²) in [7, 11) is 0. The summed E-state index contributed by atoms with van der Waals surface area (Å²) in [5.41, 5.74) is 7.69. The molecule has 19 heavy (non-hydrogen) atoms. The topological polar surface area (TPSA) is 56.7 Å². The standard InChI is InChI=1S/C13H10F2N4/c14-9-4-3-8(6-10(9)15)7-19-12-11(18-13(19)16)2-1-5-17-12/h1-6H,7H2,(H2,16,18). The van der Waals surface area contributed by atoms with Crippen molar-refractivity contribution >= 4 is 17.1 Å². The molecule has 2 heterocycles. The second-order valence-electron chi connectivity index (χ2n) is 4.15. The number of pyridine rings is 1. The van der Waals surface area contributed by atoms with Gasteiger partial charge in [-0.15, -0.1) is 0 Å². The fourth-order valence-electron chi connectivity index (χ4n) is 1.95. The second kappa shape index (κ2) is 4.31. The molecule has 0 bridgehead atoms. The zero-order valence-electron chi connectivity index (χ0n) is 9.85. The van der Waals surface area contributed by atoms with Gasteiger partial charge in [0.05, 0.1) is 6.54 Å². The highest BCUT2D eigenvalue weighted by Gasteiger charge is 2.10. The second-order valence-corrected chi connectivity index (χ2v) is 4.15. The fraction of sp³-hybridized carbons (Fsp3) is 0.0769. The number of nitrogen functional groups attached to an aromatic ring is 1. The molecule has 2 aromatic heterocycles. The number of halogens is 2. The van der Waals surface area contributed by atoms with Gasteiger partial charge in [-0.1, -0.05) is 6.07 Å². The van der Waals surface area contributed by atoms with E-state index in [1.54, 1.807) is 22.9 Å². The number of nitrogens with zero attached hydrogens (tertiary/aromatic N) is 3. The molecule has 4 nitrogen and oxygen atoms in total. The Balaban J connectivity index is 2.05. The molecule has 0 saturated carbocycles. The van der Waals surface area contributed by atoms with Gasteiger partial charge in [0.1, 0.15) is 5.52 Å². The van der Waals surface area contributed by atoms with E-state index in [0.717, 1.165) is 12.1 Å². The lowest BCUT2D eigenvalue weighted by Crippen LogP contribution is -2.05. The monoisotopic (exact) mass is 260 g/mol. The Bertz CT molecular complexity index is 751. The first kappa shape index (κ1) is 11.6. The van der Waals surface area contributed by atoms with Crippen LogP contribution in [0.1, 0.15) is 5.56 Å². The average Bonchev–Trinajstić information content (AvgIpc) is 2.71. The van der Waals surface area contributed by atoms with Crippen molar-refractivity contribution in [3.8, 4) is 0 Å². The maximum Gasteiger partial charge on any atom is 0.202 e. The third-order valence-electron chi connectivity index (χ3n) is 2.86. The highest BCUT2D eigenvalue weighted by Crippen LogP contribution is 2.18. The van der Waals surface area contributed by atoms with Crippen molar-refractivity contribution in [1.29, 1.82) is 0 Å². The molecule has 96 valence electrons. The van der Waals surface area contributed by atoms with Gasteiger partial charge in [0.15, 0.2) is 17.3 Å². The number of nitrogens with two attached hydrogens (primary N) is 1. The van der Waals surface area contributed by atoms with E-state index in [2.05, 4.69) is 9.97 Å². The van der Waals surface area contributed by atoms with E-state index >= 15 is 0 Å². The molecule has 0 radical (unpaired) electrons. The van der Waals surface area contributed by atoms with E-state index in [-0.39, 0.29) is 6.54 Å². The third-order valence-corrected chi connectivity index (χ3v) is 2.86. The predicted molar refractivity (Wildman–Crippen MR) is 67.4 cm³/mol. The Kier molecular flexibility index (Phi) is 2.63. The predicted octanol–water partition coefficient (Wildman–Crippen LogP) is 2.34. The maximum atomic E-state index is 13.2. The van der Waals surface area contributed by atoms with Gasteiger partial charge in [0.2, 0.25) is 5.95 Å². The molecule has 0 unspecified atom stereocenters. The molecular weight excluding hydrogens is 250 g/mol. The molecule has 0 amide bonds. The summed E-state index contributed by atoms with van der Waals surface area (Å²) in [6.07, 6.45) is 1.63. The van der Waals surface area contributed by atoms with Gasteiger partial charge < -0.3 is 5.73 Å². The summed E-state index contributed by atoms with van der Waals surface area (Å²) < 4.78 is 27.7. The van der Waals surface area contributed by atoms with Gasteiger partial charge in [-0.3, -0.25) is 4.57 Å². The molecule has 0 fully saturated rings. The average molecular weight is 260 g/mol. The zero-order chi connectivity index (χ0) is 13.4. The third kappa shape index (κ3) is 2.01. The maximum absolute atomic E-state index is 13.2. The molecule has 3 aromatic rings. The Labute approximate surface area is 107 Å². The van der Waals surface area contributed by atoms with Crippen LogP contribution >= 0.6 is 0 Å². The number of benzene rings is 1. The molecule has 0 saturated heterocycles. The number of rotatable bonds is 2. The number of hydrogen-bond acceptors (Lipinski definition) is 3. The normalized spacial score (nSPS) is 11.1. The molecule has 0 aliphatic heterocycles. The van der Waals surface area contributed by atoms with E-state index < -0.39 is 11.6 Å². The molecule has 0 spiro atoms. The number of fused-ring (bicyclic) bond motifs is 1. The summed E-state index contributed by atoms with van der Waals surface area (Å²) in [5, 5.41) is 0. The minimum Gasteiger partial charge on any atom is -0.369 e. The highest BCUT2D eigenvalue weighted by atomic mass is 19.2. The number of imidazole rings is 1. The van der Waals surface area contributed by atoms with Gasteiger partial charge in [-0.05, 0) is 29.8 Å². The van der Waals surface area contributed by atoms with Crippen LogP contribution in [-0.2, 0) is 6.54 Å². The van der Waals surface area contributed by atoms with Crippen LogP contribution in [0.15, 0.2) is 36.5 Å². The van der Waals surface area contributed by atoms with Crippen molar-refractivity contribution in [2.24, 2.45) is 0 Å². The molecule has 3 rings (SSSR count). The number of anilines is 1. The summed E-state index contributed by atoms with van der Waals surface area (Å²) >= 11 is 0. The van der Waals surface area contributed by atoms with E-state index in [0.29, 0.717) is 22.7 Å². The van der Waals surface area contributed by atoms with E-state index in [4.69, 9.17) is 5.73 Å². The van der Waals surface area contributed by atoms with Crippen molar-refractivity contribution in [1.82, 2.24) is 14.5 Å². The van der Waals surface area contributed by atoms with Gasteiger partial charge in [-0.2, -0.15) is 0 Å². The molecule has 6 heteroatoms. The Morgan fingerprint density at radius 1 is 1.16 bits per heavy atom. The van der Waals surface area contributed by atoms with Crippen LogP contribution in [0.5, 0.6) is 0 Å². The van der Waals surface area contributed by atoms with Gasteiger partial charge in [0, 0.05) is 6.20 Å². The molecule has 0 atom stereocenters. The Morgan fingerprint density at radius 2 is 2.00 bits per heavy atom. The van der Waals surface area contributed by atoms with Crippen molar-refractivity contribution in [2.45, 2.75) is 6.54 Å². The van der Waals surface area contributed by atoms with Crippen molar-refractivity contribution in [3.63, 3.8) is 0 Å². The summed E-state index contributed by atoms with van der Waals surface area (Å²) in [5.74, 6) is -1.46. The molecular formula is C13H10F2N4. The minimum atomic E-state index is -0.881. The van der Waals surface area contributed by atoms with Crippen LogP contribution < -0.4 is 5.73 Å². The van der Waals surface area contributed by atoms with Crippen LogP contribution in [0.3, 0.4) is 0 Å². The Morgan fingerprint density at radius 3 is 2.79 bits per heavy atom. The van der Waals surface area contributed by atoms with Crippen LogP contribution in [0.2, 0.25) is 0 Å².